The number of nitriles is 1. The Balaban J connectivity index is 1.34. The van der Waals surface area contributed by atoms with Crippen molar-refractivity contribution in [1.82, 2.24) is 24.8 Å². The second kappa shape index (κ2) is 8.70. The van der Waals surface area contributed by atoms with Gasteiger partial charge in [-0.3, -0.25) is 4.98 Å². The quantitative estimate of drug-likeness (QED) is 0.416. The van der Waals surface area contributed by atoms with E-state index in [9.17, 15) is 0 Å². The summed E-state index contributed by atoms with van der Waals surface area (Å²) >= 11 is 1.69. The maximum Gasteiger partial charge on any atom is 0.151 e. The van der Waals surface area contributed by atoms with Gasteiger partial charge in [-0.15, -0.1) is 10.2 Å². The molecule has 6 rings (SSSR count). The predicted octanol–water partition coefficient (Wildman–Crippen LogP) is 4.84. The minimum atomic E-state index is 0.243. The zero-order chi connectivity index (χ0) is 24.1. The van der Waals surface area contributed by atoms with Crippen LogP contribution < -0.4 is 11.1 Å². The Morgan fingerprint density at radius 1 is 1.14 bits per heavy atom. The molecule has 8 nitrogen and oxygen atoms in total. The summed E-state index contributed by atoms with van der Waals surface area (Å²) in [6.45, 7) is 4.24. The van der Waals surface area contributed by atoms with Crippen LogP contribution in [-0.2, 0) is 0 Å². The number of rotatable bonds is 5. The number of aromatic nitrogens is 5. The smallest absolute Gasteiger partial charge is 0.151 e. The lowest BCUT2D eigenvalue weighted by atomic mass is 9.78. The van der Waals surface area contributed by atoms with Gasteiger partial charge in [-0.25, -0.2) is 4.52 Å². The van der Waals surface area contributed by atoms with E-state index < -0.39 is 0 Å². The molecule has 9 heteroatoms. The predicted molar refractivity (Wildman–Crippen MR) is 137 cm³/mol. The van der Waals surface area contributed by atoms with Gasteiger partial charge in [-0.1, -0.05) is 11.3 Å². The molecule has 2 bridgehead atoms. The summed E-state index contributed by atoms with van der Waals surface area (Å²) in [6.07, 6.45) is 8.22. The van der Waals surface area contributed by atoms with Crippen molar-refractivity contribution in [2.45, 2.75) is 57.5 Å². The summed E-state index contributed by atoms with van der Waals surface area (Å²) < 4.78 is 1.81. The van der Waals surface area contributed by atoms with Crippen LogP contribution in [0.2, 0.25) is 0 Å². The van der Waals surface area contributed by atoms with Crippen molar-refractivity contribution in [3.8, 4) is 28.0 Å². The third kappa shape index (κ3) is 3.97. The Bertz CT molecular complexity index is 1420. The molecule has 0 saturated heterocycles. The second-order valence-electron chi connectivity index (χ2n) is 10.1. The number of fused-ring (bicyclic) bond motifs is 3. The fourth-order valence-electron chi connectivity index (χ4n) is 5.74. The van der Waals surface area contributed by atoms with Crippen LogP contribution in [-0.4, -0.2) is 36.9 Å². The van der Waals surface area contributed by atoms with E-state index in [0.717, 1.165) is 51.0 Å². The first-order valence-electron chi connectivity index (χ1n) is 12.2. The SMILES string of the molecule is CC(C)Nc1cc(-c2ccc3cc(C#N)cnn23)ncc1-c1nnc(C2C[C@H]3CC[C@@H](C2)C3N)s1. The van der Waals surface area contributed by atoms with Crippen LogP contribution in [0.3, 0.4) is 0 Å². The van der Waals surface area contributed by atoms with E-state index in [4.69, 9.17) is 16.0 Å². The third-order valence-electron chi connectivity index (χ3n) is 7.43. The third-order valence-corrected chi connectivity index (χ3v) is 8.55. The van der Waals surface area contributed by atoms with E-state index in [0.29, 0.717) is 29.4 Å². The van der Waals surface area contributed by atoms with Gasteiger partial charge in [0.2, 0.25) is 0 Å². The van der Waals surface area contributed by atoms with Crippen LogP contribution in [0.5, 0.6) is 0 Å². The molecular formula is C26H28N8S. The summed E-state index contributed by atoms with van der Waals surface area (Å²) in [5.74, 6) is 1.71. The van der Waals surface area contributed by atoms with E-state index in [-0.39, 0.29) is 6.04 Å². The van der Waals surface area contributed by atoms with Gasteiger partial charge in [-0.05, 0) is 75.6 Å². The molecule has 2 saturated carbocycles. The molecule has 178 valence electrons. The summed E-state index contributed by atoms with van der Waals surface area (Å²) in [6, 6.07) is 10.6. The van der Waals surface area contributed by atoms with Crippen LogP contribution in [0.4, 0.5) is 5.69 Å². The molecular weight excluding hydrogens is 456 g/mol. The van der Waals surface area contributed by atoms with Gasteiger partial charge >= 0.3 is 0 Å². The number of pyridine rings is 1. The molecule has 4 heterocycles. The lowest BCUT2D eigenvalue weighted by Gasteiger charge is -2.31. The monoisotopic (exact) mass is 484 g/mol. The molecule has 2 aliphatic carbocycles. The number of hydrogen-bond donors (Lipinski definition) is 2. The van der Waals surface area contributed by atoms with E-state index in [1.807, 2.05) is 28.9 Å². The summed E-state index contributed by atoms with van der Waals surface area (Å²) in [5.41, 5.74) is 11.4. The first-order valence-corrected chi connectivity index (χ1v) is 13.1. The fourth-order valence-corrected chi connectivity index (χ4v) is 6.73. The molecule has 2 fully saturated rings. The maximum atomic E-state index is 9.17. The Hall–Kier alpha value is -3.35. The summed E-state index contributed by atoms with van der Waals surface area (Å²) in [7, 11) is 0. The summed E-state index contributed by atoms with van der Waals surface area (Å²) in [5, 5.41) is 28.4. The van der Waals surface area contributed by atoms with Crippen molar-refractivity contribution in [3.05, 3.63) is 47.2 Å². The van der Waals surface area contributed by atoms with E-state index in [1.54, 1.807) is 17.5 Å². The largest absolute Gasteiger partial charge is 0.382 e. The highest BCUT2D eigenvalue weighted by atomic mass is 32.1. The van der Waals surface area contributed by atoms with Crippen LogP contribution in [0, 0.1) is 23.2 Å². The highest BCUT2D eigenvalue weighted by molar-refractivity contribution is 7.14. The summed E-state index contributed by atoms with van der Waals surface area (Å²) in [4.78, 5) is 4.78. The van der Waals surface area contributed by atoms with Crippen LogP contribution in [0.25, 0.3) is 27.5 Å². The highest BCUT2D eigenvalue weighted by Gasteiger charge is 2.42. The molecule has 4 aromatic rings. The molecule has 2 aliphatic rings. The zero-order valence-corrected chi connectivity index (χ0v) is 20.7. The minimum absolute atomic E-state index is 0.243. The van der Waals surface area contributed by atoms with Gasteiger partial charge in [0.15, 0.2) is 5.01 Å². The van der Waals surface area contributed by atoms with Crippen molar-refractivity contribution >= 4 is 22.5 Å². The van der Waals surface area contributed by atoms with Gasteiger partial charge in [0.25, 0.3) is 0 Å². The van der Waals surface area contributed by atoms with Crippen molar-refractivity contribution in [2.24, 2.45) is 17.6 Å². The minimum Gasteiger partial charge on any atom is -0.382 e. The van der Waals surface area contributed by atoms with Gasteiger partial charge in [0.1, 0.15) is 11.1 Å². The first-order chi connectivity index (χ1) is 17.0. The number of nitrogens with one attached hydrogen (secondary N) is 1. The van der Waals surface area contributed by atoms with Crippen molar-refractivity contribution in [1.29, 1.82) is 5.26 Å². The van der Waals surface area contributed by atoms with Crippen molar-refractivity contribution in [2.75, 3.05) is 5.32 Å². The second-order valence-corrected chi connectivity index (χ2v) is 11.1. The van der Waals surface area contributed by atoms with Gasteiger partial charge in [0.05, 0.1) is 34.2 Å². The number of anilines is 1. The van der Waals surface area contributed by atoms with E-state index in [1.165, 1.54) is 12.8 Å². The molecule has 0 aromatic carbocycles. The standard InChI is InChI=1S/C26H28N8S/c1-14(2)31-21-10-22(23-6-5-19-7-15(11-27)12-30-34(19)23)29-13-20(21)26-33-32-25(35-26)18-8-16-3-4-17(9-18)24(16)28/h5-7,10,12-14,16-18,24H,3-4,8-9,28H2,1-2H3,(H,29,31)/t16-,17+,18?,24?. The molecule has 4 atom stereocenters. The Kier molecular flexibility index (Phi) is 5.50. The number of nitrogens with zero attached hydrogens (tertiary/aromatic N) is 6. The van der Waals surface area contributed by atoms with Crippen molar-refractivity contribution in [3.63, 3.8) is 0 Å². The molecule has 0 radical (unpaired) electrons. The zero-order valence-electron chi connectivity index (χ0n) is 19.8. The van der Waals surface area contributed by atoms with Crippen LogP contribution in [0.15, 0.2) is 36.7 Å². The number of hydrogen-bond acceptors (Lipinski definition) is 8. The Labute approximate surface area is 208 Å². The molecule has 2 unspecified atom stereocenters. The van der Waals surface area contributed by atoms with E-state index >= 15 is 0 Å². The normalized spacial score (nSPS) is 23.6. The number of nitrogens with two attached hydrogens (primary N) is 1. The molecule has 0 spiro atoms. The van der Waals surface area contributed by atoms with Crippen LogP contribution >= 0.6 is 11.3 Å². The molecule has 0 aliphatic heterocycles. The average molecular weight is 485 g/mol. The first kappa shape index (κ1) is 22.1. The van der Waals surface area contributed by atoms with Crippen LogP contribution in [0.1, 0.15) is 56.0 Å². The lowest BCUT2D eigenvalue weighted by molar-refractivity contribution is 0.272. The molecule has 3 N–H and O–H groups in total. The molecule has 35 heavy (non-hydrogen) atoms. The maximum absolute atomic E-state index is 9.17. The van der Waals surface area contributed by atoms with Gasteiger partial charge < -0.3 is 11.1 Å². The Morgan fingerprint density at radius 2 is 1.94 bits per heavy atom. The fraction of sp³-hybridized carbons (Fsp3) is 0.423. The lowest BCUT2D eigenvalue weighted by Crippen LogP contribution is -2.37. The molecule has 4 aromatic heterocycles. The van der Waals surface area contributed by atoms with Gasteiger partial charge in [0, 0.05) is 29.9 Å². The average Bonchev–Trinajstić information content (AvgIpc) is 3.54. The Morgan fingerprint density at radius 3 is 2.69 bits per heavy atom. The highest BCUT2D eigenvalue weighted by Crippen LogP contribution is 2.48. The van der Waals surface area contributed by atoms with Gasteiger partial charge in [-0.2, -0.15) is 10.4 Å². The molecule has 0 amide bonds. The topological polar surface area (TPSA) is 118 Å². The van der Waals surface area contributed by atoms with Crippen molar-refractivity contribution < 1.29 is 0 Å². The van der Waals surface area contributed by atoms with E-state index in [2.05, 4.69) is 46.6 Å².